The summed E-state index contributed by atoms with van der Waals surface area (Å²) in [4.78, 5) is 23.7. The first kappa shape index (κ1) is 21.3. The highest BCUT2D eigenvalue weighted by atomic mass is 16.5. The van der Waals surface area contributed by atoms with Crippen molar-refractivity contribution in [2.24, 2.45) is 11.5 Å². The minimum Gasteiger partial charge on any atom is -0.460 e. The van der Waals surface area contributed by atoms with E-state index in [0.29, 0.717) is 12.8 Å². The number of carbonyl (C=O) groups excluding carboxylic acids is 2. The largest absolute Gasteiger partial charge is 0.460 e. The van der Waals surface area contributed by atoms with Gasteiger partial charge in [-0.05, 0) is 36.1 Å². The van der Waals surface area contributed by atoms with Crippen LogP contribution >= 0.6 is 0 Å². The molecule has 28 heavy (non-hydrogen) atoms. The van der Waals surface area contributed by atoms with Crippen molar-refractivity contribution in [3.63, 3.8) is 0 Å². The second-order valence-corrected chi connectivity index (χ2v) is 6.32. The second kappa shape index (κ2) is 11.7. The molecule has 0 aromatic heterocycles. The van der Waals surface area contributed by atoms with Gasteiger partial charge in [0, 0.05) is 0 Å². The van der Waals surface area contributed by atoms with Crippen LogP contribution in [0.5, 0.6) is 0 Å². The average Bonchev–Trinajstić information content (AvgIpc) is 2.71. The molecule has 0 unspecified atom stereocenters. The molecule has 0 bridgehead atoms. The van der Waals surface area contributed by atoms with E-state index in [1.165, 1.54) is 0 Å². The van der Waals surface area contributed by atoms with Gasteiger partial charge < -0.3 is 20.9 Å². The van der Waals surface area contributed by atoms with E-state index in [1.807, 2.05) is 60.7 Å². The number of ether oxygens (including phenoxy) is 2. The van der Waals surface area contributed by atoms with E-state index in [-0.39, 0.29) is 13.2 Å². The Bertz CT molecular complexity index is 697. The first-order valence-electron chi connectivity index (χ1n) is 9.13. The summed E-state index contributed by atoms with van der Waals surface area (Å²) >= 11 is 0. The number of benzene rings is 2. The molecular weight excluding hydrogens is 356 g/mol. The minimum absolute atomic E-state index is 0.0644. The normalized spacial score (nSPS) is 13.1. The van der Waals surface area contributed by atoms with Crippen molar-refractivity contribution < 1.29 is 19.1 Å². The van der Waals surface area contributed by atoms with Crippen molar-refractivity contribution in [1.29, 1.82) is 0 Å². The van der Waals surface area contributed by atoms with Crippen LogP contribution in [0, 0.1) is 0 Å². The molecule has 6 nitrogen and oxygen atoms in total. The summed E-state index contributed by atoms with van der Waals surface area (Å²) in [6, 6.07) is 17.6. The molecule has 0 aliphatic carbocycles. The maximum absolute atomic E-state index is 11.9. The molecule has 4 N–H and O–H groups in total. The van der Waals surface area contributed by atoms with Crippen LogP contribution in [-0.2, 0) is 31.9 Å². The number of hydrogen-bond acceptors (Lipinski definition) is 6. The zero-order valence-corrected chi connectivity index (χ0v) is 15.7. The fourth-order valence-corrected chi connectivity index (χ4v) is 2.51. The standard InChI is InChI=1S/C22H26N2O4/c23-19(15-17-9-3-1-4-10-17)21(25)27-13-7-8-14-28-22(26)20(24)16-18-11-5-2-6-12-18/h1-12,19-20H,13-16,23-24H2/b8-7+/t19-,20-/m0/s1. The van der Waals surface area contributed by atoms with E-state index >= 15 is 0 Å². The number of rotatable bonds is 10. The van der Waals surface area contributed by atoms with E-state index in [4.69, 9.17) is 20.9 Å². The maximum atomic E-state index is 11.9. The van der Waals surface area contributed by atoms with Crippen molar-refractivity contribution in [3.05, 3.63) is 83.9 Å². The van der Waals surface area contributed by atoms with Crippen LogP contribution in [0.15, 0.2) is 72.8 Å². The Kier molecular flexibility index (Phi) is 8.91. The Hall–Kier alpha value is -2.96. The Morgan fingerprint density at radius 2 is 1.07 bits per heavy atom. The molecule has 2 rings (SSSR count). The summed E-state index contributed by atoms with van der Waals surface area (Å²) in [6.45, 7) is 0.129. The predicted molar refractivity (Wildman–Crippen MR) is 107 cm³/mol. The van der Waals surface area contributed by atoms with E-state index < -0.39 is 24.0 Å². The van der Waals surface area contributed by atoms with Crippen LogP contribution in [0.4, 0.5) is 0 Å². The molecule has 0 radical (unpaired) electrons. The van der Waals surface area contributed by atoms with Gasteiger partial charge in [0.2, 0.25) is 0 Å². The molecule has 0 aliphatic rings. The molecule has 0 amide bonds. The highest BCUT2D eigenvalue weighted by Crippen LogP contribution is 2.04. The smallest absolute Gasteiger partial charge is 0.323 e. The third-order valence-electron chi connectivity index (χ3n) is 4.01. The Balaban J connectivity index is 1.61. The monoisotopic (exact) mass is 382 g/mol. The fourth-order valence-electron chi connectivity index (χ4n) is 2.51. The van der Waals surface area contributed by atoms with Gasteiger partial charge in [0.05, 0.1) is 0 Å². The number of esters is 2. The lowest BCUT2D eigenvalue weighted by molar-refractivity contribution is -0.145. The predicted octanol–water partition coefficient (Wildman–Crippen LogP) is 1.77. The molecule has 2 aromatic rings. The van der Waals surface area contributed by atoms with Crippen molar-refractivity contribution in [3.8, 4) is 0 Å². The van der Waals surface area contributed by atoms with Gasteiger partial charge in [-0.2, -0.15) is 0 Å². The Labute approximate surface area is 165 Å². The van der Waals surface area contributed by atoms with E-state index in [0.717, 1.165) is 11.1 Å². The van der Waals surface area contributed by atoms with Crippen molar-refractivity contribution in [2.45, 2.75) is 24.9 Å². The first-order chi connectivity index (χ1) is 13.6. The third kappa shape index (κ3) is 7.73. The molecule has 0 fully saturated rings. The Morgan fingerprint density at radius 1 is 0.714 bits per heavy atom. The molecule has 0 heterocycles. The van der Waals surface area contributed by atoms with Gasteiger partial charge >= 0.3 is 11.9 Å². The maximum Gasteiger partial charge on any atom is 0.323 e. The molecule has 0 spiro atoms. The topological polar surface area (TPSA) is 105 Å². The molecule has 0 saturated heterocycles. The van der Waals surface area contributed by atoms with Gasteiger partial charge in [-0.25, -0.2) is 0 Å². The Morgan fingerprint density at radius 3 is 1.43 bits per heavy atom. The van der Waals surface area contributed by atoms with Crippen LogP contribution in [0.3, 0.4) is 0 Å². The third-order valence-corrected chi connectivity index (χ3v) is 4.01. The van der Waals surface area contributed by atoms with Gasteiger partial charge in [0.15, 0.2) is 0 Å². The van der Waals surface area contributed by atoms with Gasteiger partial charge in [-0.3, -0.25) is 9.59 Å². The highest BCUT2D eigenvalue weighted by Gasteiger charge is 2.16. The summed E-state index contributed by atoms with van der Waals surface area (Å²) in [6.07, 6.45) is 4.03. The molecule has 0 aliphatic heterocycles. The number of nitrogens with two attached hydrogens (primary N) is 2. The summed E-state index contributed by atoms with van der Waals surface area (Å²) in [5, 5.41) is 0. The van der Waals surface area contributed by atoms with Crippen LogP contribution < -0.4 is 11.5 Å². The van der Waals surface area contributed by atoms with Crippen molar-refractivity contribution >= 4 is 11.9 Å². The molecule has 6 heteroatoms. The van der Waals surface area contributed by atoms with E-state index in [1.54, 1.807) is 12.2 Å². The van der Waals surface area contributed by atoms with Crippen molar-refractivity contribution in [2.75, 3.05) is 13.2 Å². The lowest BCUT2D eigenvalue weighted by Gasteiger charge is -2.11. The van der Waals surface area contributed by atoms with Crippen LogP contribution in [-0.4, -0.2) is 37.2 Å². The fraction of sp³-hybridized carbons (Fsp3) is 0.273. The van der Waals surface area contributed by atoms with E-state index in [9.17, 15) is 9.59 Å². The van der Waals surface area contributed by atoms with Gasteiger partial charge in [-0.15, -0.1) is 0 Å². The number of hydrogen-bond donors (Lipinski definition) is 2. The lowest BCUT2D eigenvalue weighted by Crippen LogP contribution is -2.34. The SMILES string of the molecule is N[C@@H](Cc1ccccc1)C(=O)OC/C=C/COC(=O)[C@@H](N)Cc1ccccc1. The molecule has 148 valence electrons. The van der Waals surface area contributed by atoms with Crippen LogP contribution in [0.2, 0.25) is 0 Å². The zero-order chi connectivity index (χ0) is 20.2. The summed E-state index contributed by atoms with van der Waals surface area (Å²) in [5.74, 6) is -0.953. The molecular formula is C22H26N2O4. The summed E-state index contributed by atoms with van der Waals surface area (Å²) in [7, 11) is 0. The zero-order valence-electron chi connectivity index (χ0n) is 15.7. The first-order valence-corrected chi connectivity index (χ1v) is 9.13. The molecule has 2 aromatic carbocycles. The lowest BCUT2D eigenvalue weighted by atomic mass is 10.1. The highest BCUT2D eigenvalue weighted by molar-refractivity contribution is 5.76. The van der Waals surface area contributed by atoms with E-state index in [2.05, 4.69) is 0 Å². The van der Waals surface area contributed by atoms with Gasteiger partial charge in [0.1, 0.15) is 25.3 Å². The second-order valence-electron chi connectivity index (χ2n) is 6.32. The average molecular weight is 382 g/mol. The van der Waals surface area contributed by atoms with Crippen LogP contribution in [0.1, 0.15) is 11.1 Å². The quantitative estimate of drug-likeness (QED) is 0.479. The molecule has 0 saturated carbocycles. The van der Waals surface area contributed by atoms with Gasteiger partial charge in [0.25, 0.3) is 0 Å². The van der Waals surface area contributed by atoms with Crippen molar-refractivity contribution in [1.82, 2.24) is 0 Å². The van der Waals surface area contributed by atoms with Crippen LogP contribution in [0.25, 0.3) is 0 Å². The van der Waals surface area contributed by atoms with Gasteiger partial charge in [-0.1, -0.05) is 60.7 Å². The molecule has 2 atom stereocenters. The number of carbonyl (C=O) groups is 2. The summed E-state index contributed by atoms with van der Waals surface area (Å²) in [5.41, 5.74) is 13.6. The minimum atomic E-state index is -0.718. The summed E-state index contributed by atoms with van der Waals surface area (Å²) < 4.78 is 10.2.